The maximum Gasteiger partial charge on any atom is 0.425 e. The standard InChI is InChI=1S/C24H31ClF3N3O5S/c1-5-31-22(18-11-8-16(12-19(18)35-3)36-14(2)24(26,27)28)20(25)21(30-31)23(32)29-13-15-6-9-17(10-7-15)37(4,33)34/h8,11-12,14-15,17H,5-7,9-10,13H2,1-4H3,(H,29,32)/t14?,15-,17+. The van der Waals surface area contributed by atoms with Crippen LogP contribution in [-0.4, -0.2) is 61.5 Å². The SMILES string of the molecule is CCn1nc(C(=O)NC[C@H]2CC[C@@H](S(C)(=O)=O)CC2)c(Cl)c1-c1ccc(OC(C)C(F)(F)F)cc1OC. The van der Waals surface area contributed by atoms with E-state index in [1.807, 2.05) is 6.92 Å². The molecule has 13 heteroatoms. The lowest BCUT2D eigenvalue weighted by molar-refractivity contribution is -0.189. The number of amides is 1. The molecule has 1 aliphatic carbocycles. The molecule has 1 amide bonds. The molecule has 0 aliphatic heterocycles. The summed E-state index contributed by atoms with van der Waals surface area (Å²) >= 11 is 6.59. The average molecular weight is 566 g/mol. The third-order valence-corrected chi connectivity index (χ3v) is 8.60. The number of hydrogen-bond acceptors (Lipinski definition) is 6. The number of hydrogen-bond donors (Lipinski definition) is 1. The summed E-state index contributed by atoms with van der Waals surface area (Å²) in [7, 11) is -1.70. The molecule has 1 N–H and O–H groups in total. The van der Waals surface area contributed by atoms with Crippen molar-refractivity contribution in [3.63, 3.8) is 0 Å². The van der Waals surface area contributed by atoms with Crippen LogP contribution in [0.2, 0.25) is 5.02 Å². The number of aromatic nitrogens is 2. The van der Waals surface area contributed by atoms with E-state index in [4.69, 9.17) is 21.1 Å². The van der Waals surface area contributed by atoms with Crippen molar-refractivity contribution in [2.24, 2.45) is 5.92 Å². The number of halogens is 4. The Morgan fingerprint density at radius 1 is 1.27 bits per heavy atom. The van der Waals surface area contributed by atoms with Crippen molar-refractivity contribution in [2.45, 2.75) is 63.6 Å². The van der Waals surface area contributed by atoms with E-state index in [2.05, 4.69) is 10.4 Å². The molecule has 206 valence electrons. The Bertz CT molecular complexity index is 1220. The van der Waals surface area contributed by atoms with Gasteiger partial charge in [0.15, 0.2) is 11.8 Å². The van der Waals surface area contributed by atoms with Crippen LogP contribution < -0.4 is 14.8 Å². The summed E-state index contributed by atoms with van der Waals surface area (Å²) in [6, 6.07) is 4.21. The fraction of sp³-hybridized carbons (Fsp3) is 0.583. The number of rotatable bonds is 9. The van der Waals surface area contributed by atoms with Gasteiger partial charge in [-0.15, -0.1) is 0 Å². The maximum atomic E-state index is 12.9. The summed E-state index contributed by atoms with van der Waals surface area (Å²) in [5, 5.41) is 6.94. The summed E-state index contributed by atoms with van der Waals surface area (Å²) in [4.78, 5) is 12.9. The molecule has 1 aromatic heterocycles. The lowest BCUT2D eigenvalue weighted by Gasteiger charge is -2.27. The molecule has 37 heavy (non-hydrogen) atoms. The van der Waals surface area contributed by atoms with Gasteiger partial charge in [-0.1, -0.05) is 11.6 Å². The first-order chi connectivity index (χ1) is 17.3. The molecule has 1 aromatic carbocycles. The van der Waals surface area contributed by atoms with E-state index < -0.39 is 28.0 Å². The van der Waals surface area contributed by atoms with Crippen LogP contribution in [0.5, 0.6) is 11.5 Å². The van der Waals surface area contributed by atoms with Crippen molar-refractivity contribution < 1.29 is 35.9 Å². The highest BCUT2D eigenvalue weighted by atomic mass is 35.5. The molecule has 0 bridgehead atoms. The van der Waals surface area contributed by atoms with Gasteiger partial charge in [0, 0.05) is 31.0 Å². The number of carbonyl (C=O) groups is 1. The topological polar surface area (TPSA) is 99.5 Å². The second-order valence-corrected chi connectivity index (χ2v) is 11.9. The van der Waals surface area contributed by atoms with Crippen LogP contribution in [0.1, 0.15) is 50.0 Å². The molecular weight excluding hydrogens is 535 g/mol. The summed E-state index contributed by atoms with van der Waals surface area (Å²) in [6.07, 6.45) is -2.76. The van der Waals surface area contributed by atoms with Crippen LogP contribution in [0, 0.1) is 5.92 Å². The van der Waals surface area contributed by atoms with Gasteiger partial charge in [0.1, 0.15) is 21.3 Å². The molecule has 1 aliphatic rings. The minimum absolute atomic E-state index is 0.0106. The zero-order chi connectivity index (χ0) is 27.5. The molecule has 1 atom stereocenters. The third-order valence-electron chi connectivity index (χ3n) is 6.56. The zero-order valence-corrected chi connectivity index (χ0v) is 22.6. The lowest BCUT2D eigenvalue weighted by atomic mass is 9.89. The van der Waals surface area contributed by atoms with Crippen LogP contribution in [0.3, 0.4) is 0 Å². The summed E-state index contributed by atoms with van der Waals surface area (Å²) in [5.41, 5.74) is 0.832. The van der Waals surface area contributed by atoms with Gasteiger partial charge in [0.25, 0.3) is 5.91 Å². The highest BCUT2D eigenvalue weighted by Crippen LogP contribution is 2.39. The van der Waals surface area contributed by atoms with Crippen molar-refractivity contribution in [3.05, 3.63) is 28.9 Å². The molecule has 0 saturated heterocycles. The monoisotopic (exact) mass is 565 g/mol. The zero-order valence-electron chi connectivity index (χ0n) is 21.1. The number of methoxy groups -OCH3 is 1. The molecule has 2 aromatic rings. The smallest absolute Gasteiger partial charge is 0.425 e. The van der Waals surface area contributed by atoms with Crippen LogP contribution in [0.15, 0.2) is 18.2 Å². The van der Waals surface area contributed by atoms with Gasteiger partial charge in [-0.25, -0.2) is 8.42 Å². The number of nitrogens with one attached hydrogen (secondary N) is 1. The summed E-state index contributed by atoms with van der Waals surface area (Å²) < 4.78 is 74.1. The molecule has 3 rings (SSSR count). The summed E-state index contributed by atoms with van der Waals surface area (Å²) in [5.74, 6) is -0.146. The Hall–Kier alpha value is -2.47. The van der Waals surface area contributed by atoms with E-state index in [0.29, 0.717) is 50.0 Å². The molecule has 1 saturated carbocycles. The molecule has 0 spiro atoms. The van der Waals surface area contributed by atoms with E-state index in [-0.39, 0.29) is 33.4 Å². The Morgan fingerprint density at radius 3 is 2.46 bits per heavy atom. The van der Waals surface area contributed by atoms with Gasteiger partial charge in [0.05, 0.1) is 23.1 Å². The number of sulfone groups is 1. The fourth-order valence-corrected chi connectivity index (χ4v) is 5.82. The van der Waals surface area contributed by atoms with Crippen molar-refractivity contribution in [1.29, 1.82) is 0 Å². The molecular formula is C24H31ClF3N3O5S. The number of benzene rings is 1. The summed E-state index contributed by atoms with van der Waals surface area (Å²) in [6.45, 7) is 3.45. The van der Waals surface area contributed by atoms with Gasteiger partial charge in [0.2, 0.25) is 0 Å². The van der Waals surface area contributed by atoms with Gasteiger partial charge >= 0.3 is 6.18 Å². The van der Waals surface area contributed by atoms with Crippen molar-refractivity contribution in [3.8, 4) is 22.8 Å². The maximum absolute atomic E-state index is 12.9. The Labute approximate surface area is 219 Å². The van der Waals surface area contributed by atoms with E-state index >= 15 is 0 Å². The number of alkyl halides is 3. The first kappa shape index (κ1) is 29.1. The molecule has 8 nitrogen and oxygen atoms in total. The van der Waals surface area contributed by atoms with Crippen molar-refractivity contribution in [1.82, 2.24) is 15.1 Å². The van der Waals surface area contributed by atoms with Crippen LogP contribution in [0.25, 0.3) is 11.3 Å². The Balaban J connectivity index is 1.78. The van der Waals surface area contributed by atoms with E-state index in [1.54, 1.807) is 0 Å². The minimum atomic E-state index is -4.52. The first-order valence-electron chi connectivity index (χ1n) is 11.9. The van der Waals surface area contributed by atoms with E-state index in [9.17, 15) is 26.4 Å². The molecule has 0 radical (unpaired) electrons. The van der Waals surface area contributed by atoms with Crippen molar-refractivity contribution >= 4 is 27.3 Å². The predicted molar refractivity (Wildman–Crippen MR) is 134 cm³/mol. The second-order valence-electron chi connectivity index (χ2n) is 9.17. The molecule has 1 unspecified atom stereocenters. The third kappa shape index (κ3) is 6.90. The van der Waals surface area contributed by atoms with Crippen LogP contribution in [0.4, 0.5) is 13.2 Å². The highest BCUT2D eigenvalue weighted by Gasteiger charge is 2.38. The fourth-order valence-electron chi connectivity index (χ4n) is 4.37. The van der Waals surface area contributed by atoms with Gasteiger partial charge in [-0.2, -0.15) is 18.3 Å². The van der Waals surface area contributed by atoms with Gasteiger partial charge in [-0.3, -0.25) is 9.48 Å². The van der Waals surface area contributed by atoms with Crippen molar-refractivity contribution in [2.75, 3.05) is 19.9 Å². The number of ether oxygens (including phenoxy) is 2. The predicted octanol–water partition coefficient (Wildman–Crippen LogP) is 4.89. The quantitative estimate of drug-likeness (QED) is 0.464. The number of nitrogens with zero attached hydrogens (tertiary/aromatic N) is 2. The van der Waals surface area contributed by atoms with Crippen LogP contribution >= 0.6 is 11.6 Å². The first-order valence-corrected chi connectivity index (χ1v) is 14.2. The van der Waals surface area contributed by atoms with Crippen LogP contribution in [-0.2, 0) is 16.4 Å². The number of carbonyl (C=O) groups excluding carboxylic acids is 1. The Kier molecular flexibility index (Phi) is 9.05. The highest BCUT2D eigenvalue weighted by molar-refractivity contribution is 7.91. The second kappa shape index (κ2) is 11.5. The largest absolute Gasteiger partial charge is 0.496 e. The number of aryl methyl sites for hydroxylation is 1. The Morgan fingerprint density at radius 2 is 1.92 bits per heavy atom. The lowest BCUT2D eigenvalue weighted by Crippen LogP contribution is -2.34. The molecule has 1 fully saturated rings. The molecule has 1 heterocycles. The van der Waals surface area contributed by atoms with E-state index in [1.165, 1.54) is 36.2 Å². The van der Waals surface area contributed by atoms with Gasteiger partial charge in [-0.05, 0) is 57.6 Å². The normalized spacial score (nSPS) is 19.4. The van der Waals surface area contributed by atoms with Gasteiger partial charge < -0.3 is 14.8 Å². The minimum Gasteiger partial charge on any atom is -0.496 e. The van der Waals surface area contributed by atoms with E-state index in [0.717, 1.165) is 6.92 Å². The average Bonchev–Trinajstić information content (AvgIpc) is 3.17.